The molecule has 0 bridgehead atoms. The Morgan fingerprint density at radius 2 is 1.81 bits per heavy atom. The fourth-order valence-electron chi connectivity index (χ4n) is 3.35. The first-order valence-electron chi connectivity index (χ1n) is 10.1. The minimum atomic E-state index is -0.0754. The zero-order valence-electron chi connectivity index (χ0n) is 16.2. The Morgan fingerprint density at radius 1 is 1.11 bits per heavy atom. The monoisotopic (exact) mass is 389 g/mol. The highest BCUT2D eigenvalue weighted by atomic mass is 32.1. The number of benzene rings is 1. The third kappa shape index (κ3) is 8.08. The summed E-state index contributed by atoms with van der Waals surface area (Å²) in [6, 6.07) is 7.07. The number of unbranched alkanes of at least 4 members (excludes halogenated alkanes) is 1. The van der Waals surface area contributed by atoms with E-state index in [1.54, 1.807) is 24.3 Å². The summed E-state index contributed by atoms with van der Waals surface area (Å²) in [7, 11) is 0. The van der Waals surface area contributed by atoms with Crippen molar-refractivity contribution in [3.05, 3.63) is 29.8 Å². The smallest absolute Gasteiger partial charge is 0.251 e. The molecule has 0 radical (unpaired) electrons. The molecule has 0 saturated heterocycles. The van der Waals surface area contributed by atoms with E-state index in [1.165, 1.54) is 32.1 Å². The molecule has 3 N–H and O–H groups in total. The Kier molecular flexibility index (Phi) is 9.25. The normalized spacial score (nSPS) is 14.4. The van der Waals surface area contributed by atoms with Crippen molar-refractivity contribution in [2.75, 3.05) is 11.9 Å². The molecule has 148 valence electrons. The van der Waals surface area contributed by atoms with Gasteiger partial charge in [0.15, 0.2) is 5.11 Å². The second-order valence-electron chi connectivity index (χ2n) is 7.23. The van der Waals surface area contributed by atoms with Crippen molar-refractivity contribution >= 4 is 34.8 Å². The van der Waals surface area contributed by atoms with Crippen LogP contribution >= 0.6 is 12.2 Å². The third-order valence-corrected chi connectivity index (χ3v) is 5.18. The van der Waals surface area contributed by atoms with Crippen molar-refractivity contribution in [1.29, 1.82) is 0 Å². The van der Waals surface area contributed by atoms with E-state index in [1.807, 2.05) is 0 Å². The third-order valence-electron chi connectivity index (χ3n) is 4.98. The topological polar surface area (TPSA) is 70.2 Å². The minimum absolute atomic E-state index is 0.0370. The quantitative estimate of drug-likeness (QED) is 0.455. The number of amides is 2. The van der Waals surface area contributed by atoms with Crippen LogP contribution in [0.2, 0.25) is 0 Å². The van der Waals surface area contributed by atoms with E-state index in [0.717, 1.165) is 24.9 Å². The van der Waals surface area contributed by atoms with E-state index in [4.69, 9.17) is 12.2 Å². The van der Waals surface area contributed by atoms with Crippen molar-refractivity contribution in [2.45, 2.75) is 64.7 Å². The summed E-state index contributed by atoms with van der Waals surface area (Å²) in [5, 5.41) is 8.92. The van der Waals surface area contributed by atoms with Crippen LogP contribution in [0.15, 0.2) is 24.3 Å². The number of rotatable bonds is 8. The van der Waals surface area contributed by atoms with Gasteiger partial charge in [-0.25, -0.2) is 0 Å². The van der Waals surface area contributed by atoms with Gasteiger partial charge in [-0.2, -0.15) is 0 Å². The predicted molar refractivity (Wildman–Crippen MR) is 114 cm³/mol. The molecule has 1 aromatic carbocycles. The maximum absolute atomic E-state index is 12.1. The van der Waals surface area contributed by atoms with Gasteiger partial charge in [0.2, 0.25) is 5.91 Å². The average Bonchev–Trinajstić information content (AvgIpc) is 2.68. The summed E-state index contributed by atoms with van der Waals surface area (Å²) in [5.74, 6) is 0.570. The van der Waals surface area contributed by atoms with Gasteiger partial charge in [-0.05, 0) is 55.2 Å². The Labute approximate surface area is 167 Å². The highest BCUT2D eigenvalue weighted by molar-refractivity contribution is 7.80. The van der Waals surface area contributed by atoms with Crippen LogP contribution in [0.25, 0.3) is 0 Å². The molecule has 5 nitrogen and oxygen atoms in total. The molecule has 1 saturated carbocycles. The first kappa shape index (κ1) is 21.4. The molecule has 27 heavy (non-hydrogen) atoms. The van der Waals surface area contributed by atoms with Crippen molar-refractivity contribution < 1.29 is 9.59 Å². The summed E-state index contributed by atoms with van der Waals surface area (Å²) >= 11 is 5.22. The number of thiocarbonyl (C=S) groups is 1. The number of anilines is 1. The lowest BCUT2D eigenvalue weighted by Gasteiger charge is -2.21. The van der Waals surface area contributed by atoms with Crippen LogP contribution in [0.4, 0.5) is 5.69 Å². The largest absolute Gasteiger partial charge is 0.352 e. The molecule has 0 aliphatic heterocycles. The molecule has 1 aliphatic rings. The summed E-state index contributed by atoms with van der Waals surface area (Å²) in [4.78, 5) is 24.0. The molecular formula is C21H31N3O2S. The van der Waals surface area contributed by atoms with Crippen molar-refractivity contribution in [2.24, 2.45) is 5.92 Å². The summed E-state index contributed by atoms with van der Waals surface area (Å²) in [6.45, 7) is 2.77. The Bertz CT molecular complexity index is 625. The van der Waals surface area contributed by atoms with E-state index < -0.39 is 0 Å². The van der Waals surface area contributed by atoms with Gasteiger partial charge in [0.25, 0.3) is 5.91 Å². The van der Waals surface area contributed by atoms with Gasteiger partial charge in [-0.3, -0.25) is 9.59 Å². The number of hydrogen-bond donors (Lipinski definition) is 3. The standard InChI is InChI=1S/C21H31N3O2S/c1-2-3-15-22-20(26)17-10-12-18(13-11-17)23-21(27)24-19(25)14-9-16-7-5-4-6-8-16/h10-13,16H,2-9,14-15H2,1H3,(H,22,26)(H2,23,24,25,27). The fourth-order valence-corrected chi connectivity index (χ4v) is 3.58. The predicted octanol–water partition coefficient (Wildman–Crippen LogP) is 4.39. The average molecular weight is 390 g/mol. The zero-order valence-corrected chi connectivity index (χ0v) is 17.0. The van der Waals surface area contributed by atoms with Crippen LogP contribution in [0.3, 0.4) is 0 Å². The molecule has 2 rings (SSSR count). The first-order valence-corrected chi connectivity index (χ1v) is 10.5. The van der Waals surface area contributed by atoms with Gasteiger partial charge in [0.1, 0.15) is 0 Å². The van der Waals surface area contributed by atoms with Crippen molar-refractivity contribution in [3.63, 3.8) is 0 Å². The van der Waals surface area contributed by atoms with Gasteiger partial charge in [-0.1, -0.05) is 45.4 Å². The SMILES string of the molecule is CCCCNC(=O)c1ccc(NC(=S)NC(=O)CCC2CCCCC2)cc1. The lowest BCUT2D eigenvalue weighted by molar-refractivity contribution is -0.120. The molecule has 0 unspecified atom stereocenters. The van der Waals surface area contributed by atoms with E-state index in [2.05, 4.69) is 22.9 Å². The Balaban J connectivity index is 1.71. The number of hydrogen-bond acceptors (Lipinski definition) is 3. The van der Waals surface area contributed by atoms with E-state index >= 15 is 0 Å². The van der Waals surface area contributed by atoms with E-state index in [0.29, 0.717) is 29.6 Å². The van der Waals surface area contributed by atoms with Crippen molar-refractivity contribution in [1.82, 2.24) is 10.6 Å². The van der Waals surface area contributed by atoms with E-state index in [-0.39, 0.29) is 11.8 Å². The second kappa shape index (κ2) is 11.7. The van der Waals surface area contributed by atoms with E-state index in [9.17, 15) is 9.59 Å². The van der Waals surface area contributed by atoms with Crippen LogP contribution in [0.1, 0.15) is 75.1 Å². The van der Waals surface area contributed by atoms with Gasteiger partial charge in [-0.15, -0.1) is 0 Å². The fraction of sp³-hybridized carbons (Fsp3) is 0.571. The van der Waals surface area contributed by atoms with Crippen molar-refractivity contribution in [3.8, 4) is 0 Å². The molecule has 0 aromatic heterocycles. The molecular weight excluding hydrogens is 358 g/mol. The Morgan fingerprint density at radius 3 is 2.48 bits per heavy atom. The molecule has 1 fully saturated rings. The second-order valence-corrected chi connectivity index (χ2v) is 7.64. The maximum Gasteiger partial charge on any atom is 0.251 e. The van der Waals surface area contributed by atoms with Crippen LogP contribution in [0, 0.1) is 5.92 Å². The number of carbonyl (C=O) groups excluding carboxylic acids is 2. The zero-order chi connectivity index (χ0) is 19.5. The lowest BCUT2D eigenvalue weighted by atomic mass is 9.86. The molecule has 6 heteroatoms. The molecule has 2 amide bonds. The number of nitrogens with one attached hydrogen (secondary N) is 3. The van der Waals surface area contributed by atoms with Crippen LogP contribution in [-0.4, -0.2) is 23.5 Å². The molecule has 0 heterocycles. The summed E-state index contributed by atoms with van der Waals surface area (Å²) in [6.07, 6.45) is 9.88. The van der Waals surface area contributed by atoms with Crippen LogP contribution in [0.5, 0.6) is 0 Å². The maximum atomic E-state index is 12.1. The number of carbonyl (C=O) groups is 2. The van der Waals surface area contributed by atoms with Crippen LogP contribution in [-0.2, 0) is 4.79 Å². The summed E-state index contributed by atoms with van der Waals surface area (Å²) < 4.78 is 0. The molecule has 0 spiro atoms. The summed E-state index contributed by atoms with van der Waals surface area (Å²) in [5.41, 5.74) is 1.36. The van der Waals surface area contributed by atoms with Gasteiger partial charge in [0, 0.05) is 24.2 Å². The highest BCUT2D eigenvalue weighted by Gasteiger charge is 2.15. The lowest BCUT2D eigenvalue weighted by Crippen LogP contribution is -2.34. The van der Waals surface area contributed by atoms with Gasteiger partial charge < -0.3 is 16.0 Å². The highest BCUT2D eigenvalue weighted by Crippen LogP contribution is 2.27. The minimum Gasteiger partial charge on any atom is -0.352 e. The Hall–Kier alpha value is -1.95. The van der Waals surface area contributed by atoms with Crippen LogP contribution < -0.4 is 16.0 Å². The molecule has 0 atom stereocenters. The molecule has 1 aliphatic carbocycles. The van der Waals surface area contributed by atoms with Gasteiger partial charge >= 0.3 is 0 Å². The van der Waals surface area contributed by atoms with Gasteiger partial charge in [0.05, 0.1) is 0 Å². The first-order chi connectivity index (χ1) is 13.1. The molecule has 1 aromatic rings.